The van der Waals surface area contributed by atoms with E-state index in [1.54, 1.807) is 30.3 Å². The lowest BCUT2D eigenvalue weighted by molar-refractivity contribution is 0.0697. The van der Waals surface area contributed by atoms with E-state index in [4.69, 9.17) is 0 Å². The zero-order chi connectivity index (χ0) is 14.7. The number of hydrogen-bond donors (Lipinski definition) is 1. The summed E-state index contributed by atoms with van der Waals surface area (Å²) in [6, 6.07) is 11.0. The molecule has 0 atom stereocenters. The van der Waals surface area contributed by atoms with Gasteiger partial charge in [-0.15, -0.1) is 0 Å². The summed E-state index contributed by atoms with van der Waals surface area (Å²) in [5.41, 5.74) is 1.52. The maximum absolute atomic E-state index is 13.0. The van der Waals surface area contributed by atoms with Crippen LogP contribution in [0.5, 0.6) is 0 Å². The fourth-order valence-electron chi connectivity index (χ4n) is 2.02. The van der Waals surface area contributed by atoms with Crippen molar-refractivity contribution in [1.29, 1.82) is 0 Å². The van der Waals surface area contributed by atoms with Crippen molar-refractivity contribution >= 4 is 33.3 Å². The van der Waals surface area contributed by atoms with Gasteiger partial charge in [0.25, 0.3) is 0 Å². The first-order chi connectivity index (χ1) is 9.52. The summed E-state index contributed by atoms with van der Waals surface area (Å²) in [7, 11) is 0. The molecule has 0 amide bonds. The van der Waals surface area contributed by atoms with Gasteiger partial charge in [-0.05, 0) is 49.4 Å². The first kappa shape index (κ1) is 14.5. The SMILES string of the molecule is CCN(c1ccc(F)cc1)c1cc(Br)ccc1C(=O)O. The van der Waals surface area contributed by atoms with Crippen LogP contribution >= 0.6 is 15.9 Å². The quantitative estimate of drug-likeness (QED) is 0.896. The smallest absolute Gasteiger partial charge is 0.337 e. The van der Waals surface area contributed by atoms with Gasteiger partial charge < -0.3 is 10.0 Å². The minimum atomic E-state index is -0.993. The Hall–Kier alpha value is -1.88. The van der Waals surface area contributed by atoms with Crippen molar-refractivity contribution in [2.75, 3.05) is 11.4 Å². The Morgan fingerprint density at radius 1 is 1.25 bits per heavy atom. The molecule has 5 heteroatoms. The lowest BCUT2D eigenvalue weighted by Gasteiger charge is -2.25. The molecule has 2 aromatic carbocycles. The predicted octanol–water partition coefficient (Wildman–Crippen LogP) is 4.44. The molecule has 0 aliphatic carbocycles. The highest BCUT2D eigenvalue weighted by molar-refractivity contribution is 9.10. The van der Waals surface area contributed by atoms with Crippen molar-refractivity contribution in [1.82, 2.24) is 0 Å². The lowest BCUT2D eigenvalue weighted by Crippen LogP contribution is -2.19. The Balaban J connectivity index is 2.53. The van der Waals surface area contributed by atoms with Gasteiger partial charge in [0.05, 0.1) is 11.3 Å². The molecule has 2 aromatic rings. The second-order valence-corrected chi connectivity index (χ2v) is 5.10. The molecule has 0 fully saturated rings. The molecule has 0 saturated carbocycles. The largest absolute Gasteiger partial charge is 0.478 e. The van der Waals surface area contributed by atoms with Crippen molar-refractivity contribution in [2.24, 2.45) is 0 Å². The number of carboxylic acids is 1. The second kappa shape index (κ2) is 6.05. The number of hydrogen-bond acceptors (Lipinski definition) is 2. The molecule has 0 unspecified atom stereocenters. The van der Waals surface area contributed by atoms with Crippen LogP contribution in [0, 0.1) is 5.82 Å². The fraction of sp³-hybridized carbons (Fsp3) is 0.133. The third-order valence-corrected chi connectivity index (χ3v) is 3.43. The number of anilines is 2. The number of aromatic carboxylic acids is 1. The van der Waals surface area contributed by atoms with Crippen LogP contribution in [-0.2, 0) is 0 Å². The Morgan fingerprint density at radius 2 is 1.90 bits per heavy atom. The highest BCUT2D eigenvalue weighted by Crippen LogP contribution is 2.31. The predicted molar refractivity (Wildman–Crippen MR) is 80.2 cm³/mol. The standard InChI is InChI=1S/C15H13BrFNO2/c1-2-18(12-6-4-11(17)5-7-12)14-9-10(16)3-8-13(14)15(19)20/h3-9H,2H2,1H3,(H,19,20). The molecule has 1 N–H and O–H groups in total. The number of rotatable bonds is 4. The van der Waals surface area contributed by atoms with E-state index in [0.717, 1.165) is 10.2 Å². The van der Waals surface area contributed by atoms with Gasteiger partial charge in [-0.25, -0.2) is 9.18 Å². The van der Waals surface area contributed by atoms with E-state index in [9.17, 15) is 14.3 Å². The Labute approximate surface area is 124 Å². The average molecular weight is 338 g/mol. The number of carbonyl (C=O) groups is 1. The number of benzene rings is 2. The maximum atomic E-state index is 13.0. The van der Waals surface area contributed by atoms with Crippen LogP contribution in [0.2, 0.25) is 0 Å². The molecular weight excluding hydrogens is 325 g/mol. The normalized spacial score (nSPS) is 10.3. The zero-order valence-electron chi connectivity index (χ0n) is 10.8. The van der Waals surface area contributed by atoms with Crippen molar-refractivity contribution in [2.45, 2.75) is 6.92 Å². The number of halogens is 2. The first-order valence-electron chi connectivity index (χ1n) is 6.09. The number of nitrogens with zero attached hydrogens (tertiary/aromatic N) is 1. The molecule has 0 aliphatic rings. The highest BCUT2D eigenvalue weighted by atomic mass is 79.9. The summed E-state index contributed by atoms with van der Waals surface area (Å²) >= 11 is 3.35. The van der Waals surface area contributed by atoms with Crippen LogP contribution in [0.25, 0.3) is 0 Å². The van der Waals surface area contributed by atoms with E-state index >= 15 is 0 Å². The van der Waals surface area contributed by atoms with E-state index < -0.39 is 5.97 Å². The van der Waals surface area contributed by atoms with Crippen molar-refractivity contribution in [3.05, 3.63) is 58.3 Å². The summed E-state index contributed by atoms with van der Waals surface area (Å²) in [5, 5.41) is 9.29. The van der Waals surface area contributed by atoms with Gasteiger partial charge in [0.2, 0.25) is 0 Å². The van der Waals surface area contributed by atoms with E-state index in [2.05, 4.69) is 15.9 Å². The minimum absolute atomic E-state index is 0.208. The second-order valence-electron chi connectivity index (χ2n) is 4.19. The Kier molecular flexibility index (Phi) is 4.39. The van der Waals surface area contributed by atoms with Gasteiger partial charge in [0.15, 0.2) is 0 Å². The Morgan fingerprint density at radius 3 is 2.45 bits per heavy atom. The maximum Gasteiger partial charge on any atom is 0.337 e. The van der Waals surface area contributed by atoms with Crippen LogP contribution in [-0.4, -0.2) is 17.6 Å². The van der Waals surface area contributed by atoms with Crippen molar-refractivity contribution in [3.63, 3.8) is 0 Å². The summed E-state index contributed by atoms with van der Waals surface area (Å²) in [5.74, 6) is -1.31. The first-order valence-corrected chi connectivity index (χ1v) is 6.88. The van der Waals surface area contributed by atoms with Gasteiger partial charge >= 0.3 is 5.97 Å². The van der Waals surface area contributed by atoms with E-state index in [0.29, 0.717) is 12.2 Å². The van der Waals surface area contributed by atoms with Crippen LogP contribution < -0.4 is 4.90 Å². The van der Waals surface area contributed by atoms with Gasteiger partial charge in [0.1, 0.15) is 5.82 Å². The molecule has 0 aromatic heterocycles. The summed E-state index contributed by atoms with van der Waals surface area (Å²) in [6.45, 7) is 2.48. The fourth-order valence-corrected chi connectivity index (χ4v) is 2.37. The van der Waals surface area contributed by atoms with E-state index in [1.807, 2.05) is 11.8 Å². The topological polar surface area (TPSA) is 40.5 Å². The van der Waals surface area contributed by atoms with Crippen LogP contribution in [0.1, 0.15) is 17.3 Å². The Bertz CT molecular complexity index is 628. The number of carboxylic acid groups (broad SMARTS) is 1. The molecule has 20 heavy (non-hydrogen) atoms. The van der Waals surface area contributed by atoms with Crippen LogP contribution in [0.4, 0.5) is 15.8 Å². The molecule has 0 spiro atoms. The molecule has 2 rings (SSSR count). The zero-order valence-corrected chi connectivity index (χ0v) is 12.4. The minimum Gasteiger partial charge on any atom is -0.478 e. The highest BCUT2D eigenvalue weighted by Gasteiger charge is 2.16. The van der Waals surface area contributed by atoms with Gasteiger partial charge in [-0.2, -0.15) is 0 Å². The van der Waals surface area contributed by atoms with Crippen LogP contribution in [0.15, 0.2) is 46.9 Å². The third-order valence-electron chi connectivity index (χ3n) is 2.94. The summed E-state index contributed by atoms with van der Waals surface area (Å²) < 4.78 is 13.8. The molecule has 3 nitrogen and oxygen atoms in total. The summed E-state index contributed by atoms with van der Waals surface area (Å²) in [6.07, 6.45) is 0. The molecule has 0 aliphatic heterocycles. The summed E-state index contributed by atoms with van der Waals surface area (Å²) in [4.78, 5) is 13.2. The van der Waals surface area contributed by atoms with Crippen molar-refractivity contribution < 1.29 is 14.3 Å². The third kappa shape index (κ3) is 2.99. The molecule has 0 saturated heterocycles. The van der Waals surface area contributed by atoms with Crippen molar-refractivity contribution in [3.8, 4) is 0 Å². The molecule has 0 bridgehead atoms. The van der Waals surface area contributed by atoms with Crippen LogP contribution in [0.3, 0.4) is 0 Å². The van der Waals surface area contributed by atoms with E-state index in [-0.39, 0.29) is 11.4 Å². The molecule has 104 valence electrons. The van der Waals surface area contributed by atoms with Gasteiger partial charge in [-0.3, -0.25) is 0 Å². The molecule has 0 radical (unpaired) electrons. The lowest BCUT2D eigenvalue weighted by atomic mass is 10.1. The van der Waals surface area contributed by atoms with E-state index in [1.165, 1.54) is 12.1 Å². The average Bonchev–Trinajstić information content (AvgIpc) is 2.41. The monoisotopic (exact) mass is 337 g/mol. The van der Waals surface area contributed by atoms with Gasteiger partial charge in [-0.1, -0.05) is 15.9 Å². The van der Waals surface area contributed by atoms with Gasteiger partial charge in [0, 0.05) is 16.7 Å². The molecule has 0 heterocycles. The molecular formula is C15H13BrFNO2.